The van der Waals surface area contributed by atoms with Crippen molar-refractivity contribution >= 4 is 11.6 Å². The van der Waals surface area contributed by atoms with Gasteiger partial charge in [-0.25, -0.2) is 0 Å². The van der Waals surface area contributed by atoms with Gasteiger partial charge in [-0.15, -0.1) is 0 Å². The van der Waals surface area contributed by atoms with E-state index in [1.165, 1.54) is 0 Å². The lowest BCUT2D eigenvalue weighted by Gasteiger charge is -2.25. The Morgan fingerprint density at radius 3 is 2.52 bits per heavy atom. The largest absolute Gasteiger partial charge is 0.506 e. The minimum absolute atomic E-state index is 0.0467. The number of carbonyl (C=O) groups excluding carboxylic acids is 1. The molecule has 0 bridgehead atoms. The summed E-state index contributed by atoms with van der Waals surface area (Å²) in [6, 6.07) is 17.0. The highest BCUT2D eigenvalue weighted by atomic mass is 16.5. The van der Waals surface area contributed by atoms with E-state index < -0.39 is 0 Å². The van der Waals surface area contributed by atoms with Crippen LogP contribution in [0.2, 0.25) is 0 Å². The summed E-state index contributed by atoms with van der Waals surface area (Å²) in [4.78, 5) is 14.6. The van der Waals surface area contributed by atoms with Gasteiger partial charge in [0.25, 0.3) is 0 Å². The number of para-hydroxylation sites is 2. The number of ether oxygens (including phenoxy) is 1. The molecule has 1 saturated heterocycles. The first-order valence-corrected chi connectivity index (χ1v) is 7.84. The molecule has 2 aromatic rings. The third-order valence-corrected chi connectivity index (χ3v) is 4.33. The molecule has 2 atom stereocenters. The van der Waals surface area contributed by atoms with Crippen molar-refractivity contribution in [2.45, 2.75) is 18.9 Å². The van der Waals surface area contributed by atoms with Gasteiger partial charge < -0.3 is 14.7 Å². The molecule has 3 rings (SSSR count). The zero-order valence-electron chi connectivity index (χ0n) is 13.2. The zero-order chi connectivity index (χ0) is 16.2. The minimum atomic E-state index is -0.0860. The van der Waals surface area contributed by atoms with Crippen LogP contribution in [-0.4, -0.2) is 30.8 Å². The summed E-state index contributed by atoms with van der Waals surface area (Å²) in [5.74, 6) is 0.0943. The molecule has 0 aliphatic carbocycles. The predicted octanol–water partition coefficient (Wildman–Crippen LogP) is 3.00. The van der Waals surface area contributed by atoms with Gasteiger partial charge in [-0.1, -0.05) is 42.5 Å². The van der Waals surface area contributed by atoms with Crippen LogP contribution in [0.5, 0.6) is 5.75 Å². The summed E-state index contributed by atoms with van der Waals surface area (Å²) < 4.78 is 5.29. The summed E-state index contributed by atoms with van der Waals surface area (Å²) in [7, 11) is 1.64. The molecule has 1 amide bonds. The molecule has 2 aromatic carbocycles. The topological polar surface area (TPSA) is 49.8 Å². The van der Waals surface area contributed by atoms with Crippen LogP contribution in [-0.2, 0) is 16.0 Å². The van der Waals surface area contributed by atoms with E-state index in [-0.39, 0.29) is 23.6 Å². The smallest absolute Gasteiger partial charge is 0.230 e. The summed E-state index contributed by atoms with van der Waals surface area (Å²) in [5.41, 5.74) is 1.72. The fourth-order valence-electron chi connectivity index (χ4n) is 3.30. The fraction of sp³-hybridized carbons (Fsp3) is 0.316. The Bertz CT molecular complexity index is 671. The van der Waals surface area contributed by atoms with Gasteiger partial charge >= 0.3 is 0 Å². The van der Waals surface area contributed by atoms with Crippen molar-refractivity contribution in [3.63, 3.8) is 0 Å². The minimum Gasteiger partial charge on any atom is -0.506 e. The van der Waals surface area contributed by atoms with E-state index in [2.05, 4.69) is 0 Å². The Labute approximate surface area is 136 Å². The number of methoxy groups -OCH3 is 1. The second-order valence-electron chi connectivity index (χ2n) is 5.93. The number of amides is 1. The van der Waals surface area contributed by atoms with Gasteiger partial charge in [-0.05, 0) is 30.5 Å². The Morgan fingerprint density at radius 2 is 1.83 bits per heavy atom. The monoisotopic (exact) mass is 311 g/mol. The standard InChI is InChI=1S/C19H21NO3/c1-23-13-16-12-15(11-14-7-3-2-4-8-14)19(22)20(16)17-9-5-6-10-18(17)21/h2-10,15-16,21H,11-13H2,1H3/t15-,16+/m0/s1. The number of nitrogens with zero attached hydrogens (tertiary/aromatic N) is 1. The molecule has 1 heterocycles. The lowest BCUT2D eigenvalue weighted by molar-refractivity contribution is -0.120. The van der Waals surface area contributed by atoms with Crippen LogP contribution < -0.4 is 4.90 Å². The van der Waals surface area contributed by atoms with Gasteiger partial charge in [0.05, 0.1) is 18.3 Å². The van der Waals surface area contributed by atoms with Gasteiger partial charge in [-0.2, -0.15) is 0 Å². The Hall–Kier alpha value is -2.33. The first kappa shape index (κ1) is 15.6. The van der Waals surface area contributed by atoms with Crippen LogP contribution in [0, 0.1) is 5.92 Å². The van der Waals surface area contributed by atoms with E-state index in [0.29, 0.717) is 18.7 Å². The third kappa shape index (κ3) is 3.22. The van der Waals surface area contributed by atoms with Gasteiger partial charge in [0.15, 0.2) is 0 Å². The Morgan fingerprint density at radius 1 is 1.13 bits per heavy atom. The molecule has 23 heavy (non-hydrogen) atoms. The number of benzene rings is 2. The van der Waals surface area contributed by atoms with E-state index >= 15 is 0 Å². The number of aromatic hydroxyl groups is 1. The maximum absolute atomic E-state index is 12.9. The fourth-order valence-corrected chi connectivity index (χ4v) is 3.30. The highest BCUT2D eigenvalue weighted by Gasteiger charge is 2.41. The van der Waals surface area contributed by atoms with E-state index in [4.69, 9.17) is 4.74 Å². The molecule has 0 radical (unpaired) electrons. The zero-order valence-corrected chi connectivity index (χ0v) is 13.2. The van der Waals surface area contributed by atoms with Crippen LogP contribution in [0.25, 0.3) is 0 Å². The molecule has 1 fully saturated rings. The molecule has 0 unspecified atom stereocenters. The second kappa shape index (κ2) is 6.84. The van der Waals surface area contributed by atoms with Crippen molar-refractivity contribution in [1.29, 1.82) is 0 Å². The van der Waals surface area contributed by atoms with Crippen LogP contribution in [0.1, 0.15) is 12.0 Å². The number of phenolic OH excluding ortho intramolecular Hbond substituents is 1. The van der Waals surface area contributed by atoms with Crippen LogP contribution in [0.4, 0.5) is 5.69 Å². The van der Waals surface area contributed by atoms with E-state index in [9.17, 15) is 9.90 Å². The van der Waals surface area contributed by atoms with Crippen LogP contribution in [0.15, 0.2) is 54.6 Å². The van der Waals surface area contributed by atoms with E-state index in [1.807, 2.05) is 36.4 Å². The molecule has 1 aliphatic heterocycles. The molecule has 4 heteroatoms. The van der Waals surface area contributed by atoms with Gasteiger partial charge in [-0.3, -0.25) is 4.79 Å². The molecular weight excluding hydrogens is 290 g/mol. The number of hydrogen-bond acceptors (Lipinski definition) is 3. The summed E-state index contributed by atoms with van der Waals surface area (Å²) >= 11 is 0. The summed E-state index contributed by atoms with van der Waals surface area (Å²) in [6.07, 6.45) is 1.44. The number of carbonyl (C=O) groups is 1. The maximum Gasteiger partial charge on any atom is 0.230 e. The highest BCUT2D eigenvalue weighted by molar-refractivity contribution is 5.99. The average Bonchev–Trinajstić information content (AvgIpc) is 2.85. The van der Waals surface area contributed by atoms with E-state index in [1.54, 1.807) is 30.2 Å². The van der Waals surface area contributed by atoms with Gasteiger partial charge in [0.1, 0.15) is 5.75 Å². The van der Waals surface area contributed by atoms with Crippen LogP contribution >= 0.6 is 0 Å². The van der Waals surface area contributed by atoms with E-state index in [0.717, 1.165) is 12.0 Å². The third-order valence-electron chi connectivity index (χ3n) is 4.33. The molecular formula is C19H21NO3. The molecule has 1 N–H and O–H groups in total. The molecule has 0 aromatic heterocycles. The average molecular weight is 311 g/mol. The van der Waals surface area contributed by atoms with Crippen molar-refractivity contribution in [2.75, 3.05) is 18.6 Å². The molecule has 0 spiro atoms. The first-order valence-electron chi connectivity index (χ1n) is 7.84. The van der Waals surface area contributed by atoms with Crippen molar-refractivity contribution < 1.29 is 14.6 Å². The normalized spacial score (nSPS) is 20.9. The van der Waals surface area contributed by atoms with Gasteiger partial charge in [0, 0.05) is 13.0 Å². The summed E-state index contributed by atoms with van der Waals surface area (Å²) in [5, 5.41) is 10.1. The molecule has 1 aliphatic rings. The van der Waals surface area contributed by atoms with Crippen molar-refractivity contribution in [1.82, 2.24) is 0 Å². The van der Waals surface area contributed by atoms with Crippen molar-refractivity contribution in [3.8, 4) is 5.75 Å². The Kier molecular flexibility index (Phi) is 4.63. The molecule has 0 saturated carbocycles. The Balaban J connectivity index is 1.86. The first-order chi connectivity index (χ1) is 11.2. The lowest BCUT2D eigenvalue weighted by Crippen LogP contribution is -2.36. The summed E-state index contributed by atoms with van der Waals surface area (Å²) in [6.45, 7) is 0.464. The number of hydrogen-bond donors (Lipinski definition) is 1. The highest BCUT2D eigenvalue weighted by Crippen LogP contribution is 2.36. The lowest BCUT2D eigenvalue weighted by atomic mass is 9.96. The van der Waals surface area contributed by atoms with Crippen LogP contribution in [0.3, 0.4) is 0 Å². The van der Waals surface area contributed by atoms with Gasteiger partial charge in [0.2, 0.25) is 5.91 Å². The number of anilines is 1. The van der Waals surface area contributed by atoms with Crippen molar-refractivity contribution in [2.24, 2.45) is 5.92 Å². The maximum atomic E-state index is 12.9. The quantitative estimate of drug-likeness (QED) is 0.923. The SMILES string of the molecule is COC[C@H]1C[C@H](Cc2ccccc2)C(=O)N1c1ccccc1O. The second-order valence-corrected chi connectivity index (χ2v) is 5.93. The number of phenols is 1. The van der Waals surface area contributed by atoms with Crippen molar-refractivity contribution in [3.05, 3.63) is 60.2 Å². The molecule has 4 nitrogen and oxygen atoms in total. The number of rotatable bonds is 5. The molecule has 120 valence electrons. The predicted molar refractivity (Wildman–Crippen MR) is 89.5 cm³/mol.